The molecule has 0 saturated heterocycles. The molecule has 0 aliphatic rings. The Morgan fingerprint density at radius 1 is 0.500 bits per heavy atom. The molecule has 2 heteroatoms. The van der Waals surface area contributed by atoms with E-state index in [-0.39, 0.29) is 18.6 Å². The first kappa shape index (κ1) is 25.6. The first-order valence-electron chi connectivity index (χ1n) is 11.2. The maximum Gasteiger partial charge on any atom is 2.00 e. The Morgan fingerprint density at radius 3 is 1.21 bits per heavy atom. The summed E-state index contributed by atoms with van der Waals surface area (Å²) in [6, 6.07) is 54.7. The molecule has 5 aromatic carbocycles. The van der Waals surface area contributed by atoms with Crippen molar-refractivity contribution in [2.75, 3.05) is 0 Å². The molecule has 0 N–H and O–H groups in total. The largest absolute Gasteiger partial charge is 2.00 e. The van der Waals surface area contributed by atoms with Crippen LogP contribution >= 0.6 is 7.26 Å². The number of hydrogen-bond acceptors (Lipinski definition) is 0. The average molecular weight is 494 g/mol. The van der Waals surface area contributed by atoms with Crippen molar-refractivity contribution >= 4 is 23.2 Å². The molecule has 1 radical (unpaired) electrons. The summed E-state index contributed by atoms with van der Waals surface area (Å²) < 4.78 is 0. The zero-order valence-electron chi connectivity index (χ0n) is 19.2. The summed E-state index contributed by atoms with van der Waals surface area (Å²) in [5, 5.41) is 4.24. The molecule has 0 spiro atoms. The number of hydrogen-bond donors (Lipinski definition) is 0. The van der Waals surface area contributed by atoms with Gasteiger partial charge in [-0.2, -0.15) is 55.0 Å². The molecule has 34 heavy (non-hydrogen) atoms. The maximum atomic E-state index is 3.72. The molecule has 0 aliphatic carbocycles. The third-order valence-corrected chi connectivity index (χ3v) is 9.97. The Hall–Kier alpha value is -3.02. The third-order valence-electron chi connectivity index (χ3n) is 5.61. The summed E-state index contributed by atoms with van der Waals surface area (Å²) in [7, 11) is -1.81. The molecule has 0 aromatic heterocycles. The molecule has 0 aliphatic heterocycles. The minimum Gasteiger partial charge on any atom is -0.199 e. The van der Waals surface area contributed by atoms with Gasteiger partial charge in [0.05, 0.1) is 6.16 Å². The molecule has 0 unspecified atom stereocenters. The van der Waals surface area contributed by atoms with Gasteiger partial charge in [-0.3, -0.25) is 0 Å². The van der Waals surface area contributed by atoms with E-state index in [1.54, 1.807) is 0 Å². The second-order valence-electron chi connectivity index (χ2n) is 7.85. The molecule has 165 valence electrons. The van der Waals surface area contributed by atoms with Crippen molar-refractivity contribution in [1.82, 2.24) is 0 Å². The smallest absolute Gasteiger partial charge is 0.199 e. The van der Waals surface area contributed by atoms with E-state index in [1.165, 1.54) is 21.5 Å². The van der Waals surface area contributed by atoms with Gasteiger partial charge in [-0.05, 0) is 36.4 Å². The van der Waals surface area contributed by atoms with E-state index < -0.39 is 7.26 Å². The standard InChI is InChI=1S/C25H21P.C7H7.V/c1-5-13-22(14-6-1)21-26(23-15-7-2-8-16-23,24-17-9-3-10-18-24)25-19-11-4-12-20-25;1-7-5-3-2-4-6-7;/h1-13,15-20H,21H2;2-6H,1H2;/q;-1;+2. The molecule has 0 nitrogen and oxygen atoms in total. The predicted octanol–water partition coefficient (Wildman–Crippen LogP) is 6.85. The zero-order chi connectivity index (χ0) is 22.8. The Labute approximate surface area is 216 Å². The van der Waals surface area contributed by atoms with Gasteiger partial charge >= 0.3 is 18.6 Å². The van der Waals surface area contributed by atoms with E-state index in [0.717, 1.165) is 11.7 Å². The Morgan fingerprint density at radius 2 is 0.882 bits per heavy atom. The van der Waals surface area contributed by atoms with Crippen LogP contribution in [-0.2, 0) is 24.7 Å². The molecular formula is C32H28PV+. The topological polar surface area (TPSA) is 0 Å². The first-order valence-corrected chi connectivity index (χ1v) is 13.1. The zero-order valence-corrected chi connectivity index (χ0v) is 21.5. The van der Waals surface area contributed by atoms with Crippen LogP contribution in [0.3, 0.4) is 0 Å². The van der Waals surface area contributed by atoms with Crippen molar-refractivity contribution in [2.45, 2.75) is 6.16 Å². The van der Waals surface area contributed by atoms with Gasteiger partial charge in [0.2, 0.25) is 0 Å². The van der Waals surface area contributed by atoms with Crippen molar-refractivity contribution in [3.63, 3.8) is 0 Å². The first-order chi connectivity index (χ1) is 16.3. The molecule has 0 atom stereocenters. The summed E-state index contributed by atoms with van der Waals surface area (Å²) >= 11 is 0. The van der Waals surface area contributed by atoms with Crippen LogP contribution < -0.4 is 15.9 Å². The van der Waals surface area contributed by atoms with Crippen LogP contribution in [0.2, 0.25) is 0 Å². The molecule has 0 fully saturated rings. The molecular weight excluding hydrogens is 466 g/mol. The van der Waals surface area contributed by atoms with Crippen LogP contribution in [0, 0.1) is 13.0 Å². The van der Waals surface area contributed by atoms with Gasteiger partial charge < -0.3 is 0 Å². The van der Waals surface area contributed by atoms with Crippen molar-refractivity contribution in [2.24, 2.45) is 0 Å². The summed E-state index contributed by atoms with van der Waals surface area (Å²) in [5.41, 5.74) is 2.33. The van der Waals surface area contributed by atoms with Crippen LogP contribution in [0.25, 0.3) is 0 Å². The van der Waals surface area contributed by atoms with E-state index in [2.05, 4.69) is 116 Å². The second-order valence-corrected chi connectivity index (χ2v) is 11.3. The quantitative estimate of drug-likeness (QED) is 0.185. The van der Waals surface area contributed by atoms with Crippen molar-refractivity contribution in [3.05, 3.63) is 170 Å². The minimum absolute atomic E-state index is 0. The van der Waals surface area contributed by atoms with Crippen LogP contribution in [0.4, 0.5) is 0 Å². The maximum absolute atomic E-state index is 3.72. The van der Waals surface area contributed by atoms with E-state index in [9.17, 15) is 0 Å². The van der Waals surface area contributed by atoms with Gasteiger partial charge in [0.25, 0.3) is 0 Å². The van der Waals surface area contributed by atoms with Gasteiger partial charge in [0.1, 0.15) is 23.2 Å². The fourth-order valence-electron chi connectivity index (χ4n) is 4.03. The van der Waals surface area contributed by atoms with E-state index >= 15 is 0 Å². The summed E-state index contributed by atoms with van der Waals surface area (Å²) in [6.45, 7) is 3.72. The normalized spacial score (nSPS) is 10.4. The molecule has 5 aromatic rings. The van der Waals surface area contributed by atoms with Gasteiger partial charge in [0.15, 0.2) is 0 Å². The van der Waals surface area contributed by atoms with Crippen LogP contribution in [0.1, 0.15) is 11.1 Å². The summed E-state index contributed by atoms with van der Waals surface area (Å²) in [6.07, 6.45) is 0.978. The van der Waals surface area contributed by atoms with Crippen LogP contribution in [0.5, 0.6) is 0 Å². The Bertz CT molecular complexity index is 1110. The van der Waals surface area contributed by atoms with Gasteiger partial charge in [-0.25, -0.2) is 0 Å². The monoisotopic (exact) mass is 494 g/mol. The summed E-state index contributed by atoms with van der Waals surface area (Å²) in [4.78, 5) is 0. The summed E-state index contributed by atoms with van der Waals surface area (Å²) in [5.74, 6) is 0. The van der Waals surface area contributed by atoms with Crippen molar-refractivity contribution in [1.29, 1.82) is 0 Å². The van der Waals surface area contributed by atoms with E-state index in [1.807, 2.05) is 42.5 Å². The van der Waals surface area contributed by atoms with Crippen molar-refractivity contribution < 1.29 is 18.6 Å². The van der Waals surface area contributed by atoms with Crippen molar-refractivity contribution in [3.8, 4) is 0 Å². The fraction of sp³-hybridized carbons (Fsp3) is 0.0312. The number of benzene rings is 5. The minimum atomic E-state index is -1.81. The average Bonchev–Trinajstić information content (AvgIpc) is 2.90. The second kappa shape index (κ2) is 13.0. The number of rotatable bonds is 5. The molecule has 0 bridgehead atoms. The predicted molar refractivity (Wildman–Crippen MR) is 145 cm³/mol. The molecule has 0 saturated carbocycles. The molecule has 0 heterocycles. The molecule has 0 amide bonds. The van der Waals surface area contributed by atoms with Gasteiger partial charge in [-0.15, -0.1) is 17.7 Å². The van der Waals surface area contributed by atoms with Gasteiger partial charge in [-0.1, -0.05) is 60.7 Å². The van der Waals surface area contributed by atoms with E-state index in [0.29, 0.717) is 0 Å². The Balaban J connectivity index is 0.000000350. The fourth-order valence-corrected chi connectivity index (χ4v) is 8.22. The van der Waals surface area contributed by atoms with Crippen LogP contribution in [0.15, 0.2) is 146 Å². The van der Waals surface area contributed by atoms with Gasteiger partial charge in [0, 0.05) is 0 Å². The molecule has 5 rings (SSSR count). The van der Waals surface area contributed by atoms with E-state index in [4.69, 9.17) is 0 Å². The van der Waals surface area contributed by atoms with Crippen LogP contribution in [-0.4, -0.2) is 0 Å². The SMILES string of the molecule is [CH2-]c1ccccc1.[V+2].[c-]1ccccc1C[P+](c1ccccc1)(c1ccccc1)c1ccccc1. The third kappa shape index (κ3) is 6.31. The Kier molecular flexibility index (Phi) is 9.81.